The van der Waals surface area contributed by atoms with E-state index in [0.717, 1.165) is 31.9 Å². The number of aromatic nitrogens is 7. The first kappa shape index (κ1) is 21.6. The average molecular weight is 477 g/mol. The summed E-state index contributed by atoms with van der Waals surface area (Å²) in [6, 6.07) is 1.62. The molecule has 1 atom stereocenters. The molecule has 35 heavy (non-hydrogen) atoms. The molecule has 6 rings (SSSR count). The van der Waals surface area contributed by atoms with Crippen molar-refractivity contribution in [2.24, 2.45) is 0 Å². The fraction of sp³-hybridized carbons (Fsp3) is 0.500. The van der Waals surface area contributed by atoms with Crippen LogP contribution in [0.4, 0.5) is 29.5 Å². The van der Waals surface area contributed by atoms with Crippen molar-refractivity contribution in [3.05, 3.63) is 30.4 Å². The molecular weight excluding hydrogens is 448 g/mol. The zero-order chi connectivity index (χ0) is 23.8. The van der Waals surface area contributed by atoms with E-state index < -0.39 is 0 Å². The number of nitrogens with one attached hydrogen (secondary N) is 3. The molecule has 3 aromatic heterocycles. The quantitative estimate of drug-likeness (QED) is 0.449. The first-order valence-corrected chi connectivity index (χ1v) is 12.0. The minimum Gasteiger partial charge on any atom is -0.338 e. The molecule has 1 saturated carbocycles. The maximum Gasteiger partial charge on any atom is 0.248 e. The van der Waals surface area contributed by atoms with Crippen molar-refractivity contribution < 1.29 is 4.79 Å². The van der Waals surface area contributed by atoms with Crippen molar-refractivity contribution in [1.82, 2.24) is 40.0 Å². The molecule has 3 N–H and O–H groups in total. The Balaban J connectivity index is 1.25. The molecule has 1 amide bonds. The van der Waals surface area contributed by atoms with E-state index in [0.29, 0.717) is 48.4 Å². The van der Waals surface area contributed by atoms with Crippen LogP contribution in [0.2, 0.25) is 0 Å². The predicted molar refractivity (Wildman–Crippen MR) is 130 cm³/mol. The van der Waals surface area contributed by atoms with Crippen LogP contribution in [-0.4, -0.2) is 91.7 Å². The highest BCUT2D eigenvalue weighted by molar-refractivity contribution is 5.97. The van der Waals surface area contributed by atoms with Crippen LogP contribution in [0.15, 0.2) is 24.7 Å². The number of H-pyrrole nitrogens is 1. The van der Waals surface area contributed by atoms with Gasteiger partial charge in [0.15, 0.2) is 11.6 Å². The van der Waals surface area contributed by atoms with Gasteiger partial charge >= 0.3 is 0 Å². The second-order valence-corrected chi connectivity index (χ2v) is 9.23. The summed E-state index contributed by atoms with van der Waals surface area (Å²) >= 11 is 0. The average Bonchev–Trinajstić information content (AvgIpc) is 3.58. The Morgan fingerprint density at radius 1 is 1.00 bits per heavy atom. The van der Waals surface area contributed by atoms with Gasteiger partial charge in [0.05, 0.1) is 6.20 Å². The lowest BCUT2D eigenvalue weighted by atomic mass is 10.0. The molecule has 2 aliphatic heterocycles. The van der Waals surface area contributed by atoms with Crippen molar-refractivity contribution in [2.45, 2.75) is 31.2 Å². The number of carbonyl (C=O) groups excluding carboxylic acids is 1. The van der Waals surface area contributed by atoms with Gasteiger partial charge in [0.1, 0.15) is 6.04 Å². The van der Waals surface area contributed by atoms with E-state index in [1.54, 1.807) is 12.4 Å². The molecular formula is C22H28N12O. The standard InChI is InChI=1S/C22H28N12O/c1-32-8-10-33(11-9-32)21-27-20(26-17-12-15(30-31-17)14-2-3-14)28-22(29-21)34-7-4-16(34)19(35)25-18-13-23-5-6-24-18/h5-6,12-14,16H,2-4,7-11H2,1H3,(H,24,25,35)(H2,26,27,28,29,30,31)/t16-/m0/s1. The fourth-order valence-corrected chi connectivity index (χ4v) is 4.28. The Morgan fingerprint density at radius 2 is 1.83 bits per heavy atom. The Bertz CT molecular complexity index is 1190. The third kappa shape index (κ3) is 4.71. The van der Waals surface area contributed by atoms with Crippen LogP contribution < -0.4 is 20.4 Å². The van der Waals surface area contributed by atoms with E-state index in [2.05, 4.69) is 52.6 Å². The van der Waals surface area contributed by atoms with Crippen molar-refractivity contribution in [3.8, 4) is 0 Å². The molecule has 3 aromatic rings. The Morgan fingerprint density at radius 3 is 2.54 bits per heavy atom. The summed E-state index contributed by atoms with van der Waals surface area (Å²) in [5.41, 5.74) is 1.13. The summed E-state index contributed by atoms with van der Waals surface area (Å²) < 4.78 is 0. The highest BCUT2D eigenvalue weighted by Gasteiger charge is 2.37. The highest BCUT2D eigenvalue weighted by Crippen LogP contribution is 2.39. The summed E-state index contributed by atoms with van der Waals surface area (Å²) in [5, 5.41) is 13.5. The maximum atomic E-state index is 12.9. The van der Waals surface area contributed by atoms with E-state index in [1.807, 2.05) is 11.0 Å². The van der Waals surface area contributed by atoms with Crippen LogP contribution in [0.25, 0.3) is 0 Å². The number of piperazine rings is 1. The Kier molecular flexibility index (Phi) is 5.60. The van der Waals surface area contributed by atoms with E-state index in [-0.39, 0.29) is 11.9 Å². The first-order valence-electron chi connectivity index (χ1n) is 12.0. The number of anilines is 5. The van der Waals surface area contributed by atoms with Crippen molar-refractivity contribution in [2.75, 3.05) is 60.2 Å². The van der Waals surface area contributed by atoms with Gasteiger partial charge in [-0.15, -0.1) is 0 Å². The minimum atomic E-state index is -0.389. The van der Waals surface area contributed by atoms with Gasteiger partial charge in [-0.1, -0.05) is 0 Å². The first-order chi connectivity index (χ1) is 17.1. The molecule has 0 spiro atoms. The van der Waals surface area contributed by atoms with E-state index >= 15 is 0 Å². The molecule has 0 aromatic carbocycles. The number of amides is 1. The molecule has 3 fully saturated rings. The number of hydrogen-bond donors (Lipinski definition) is 3. The fourth-order valence-electron chi connectivity index (χ4n) is 4.28. The van der Waals surface area contributed by atoms with E-state index in [4.69, 9.17) is 9.97 Å². The lowest BCUT2D eigenvalue weighted by molar-refractivity contribution is -0.118. The third-order valence-corrected chi connectivity index (χ3v) is 6.65. The lowest BCUT2D eigenvalue weighted by Crippen LogP contribution is -2.55. The van der Waals surface area contributed by atoms with Crippen LogP contribution in [-0.2, 0) is 4.79 Å². The van der Waals surface area contributed by atoms with Gasteiger partial charge in [-0.2, -0.15) is 20.1 Å². The van der Waals surface area contributed by atoms with Gasteiger partial charge in [-0.3, -0.25) is 14.9 Å². The van der Waals surface area contributed by atoms with Gasteiger partial charge in [0, 0.05) is 62.8 Å². The second-order valence-electron chi connectivity index (χ2n) is 9.23. The van der Waals surface area contributed by atoms with E-state index in [9.17, 15) is 4.79 Å². The van der Waals surface area contributed by atoms with Gasteiger partial charge in [-0.25, -0.2) is 4.98 Å². The summed E-state index contributed by atoms with van der Waals surface area (Å²) in [4.78, 5) is 41.5. The maximum absolute atomic E-state index is 12.9. The highest BCUT2D eigenvalue weighted by atomic mass is 16.2. The van der Waals surface area contributed by atoms with Gasteiger partial charge < -0.3 is 25.3 Å². The minimum absolute atomic E-state index is 0.158. The largest absolute Gasteiger partial charge is 0.338 e. The number of hydrogen-bond acceptors (Lipinski definition) is 11. The van der Waals surface area contributed by atoms with Crippen LogP contribution in [0.1, 0.15) is 30.9 Å². The molecule has 0 unspecified atom stereocenters. The predicted octanol–water partition coefficient (Wildman–Crippen LogP) is 0.975. The third-order valence-electron chi connectivity index (χ3n) is 6.65. The van der Waals surface area contributed by atoms with Crippen LogP contribution in [0.3, 0.4) is 0 Å². The molecule has 13 heteroatoms. The zero-order valence-corrected chi connectivity index (χ0v) is 19.6. The summed E-state index contributed by atoms with van der Waals surface area (Å²) in [5.74, 6) is 3.00. The molecule has 3 aliphatic rings. The smallest absolute Gasteiger partial charge is 0.248 e. The second kappa shape index (κ2) is 9.06. The number of carbonyl (C=O) groups is 1. The normalized spacial score (nSPS) is 20.4. The summed E-state index contributed by atoms with van der Waals surface area (Å²) in [6.45, 7) is 4.19. The van der Waals surface area contributed by atoms with Crippen molar-refractivity contribution >= 4 is 35.4 Å². The van der Waals surface area contributed by atoms with Gasteiger partial charge in [0.25, 0.3) is 0 Å². The van der Waals surface area contributed by atoms with Gasteiger partial charge in [0.2, 0.25) is 23.8 Å². The van der Waals surface area contributed by atoms with Crippen LogP contribution in [0.5, 0.6) is 0 Å². The van der Waals surface area contributed by atoms with E-state index in [1.165, 1.54) is 19.0 Å². The SMILES string of the molecule is CN1CCN(c2nc(Nc3cc(C4CC4)[nH]n3)nc(N3CC[C@H]3C(=O)Nc3cnccn3)n2)CC1. The Labute approximate surface area is 202 Å². The number of nitrogens with zero attached hydrogens (tertiary/aromatic N) is 9. The lowest BCUT2D eigenvalue weighted by Gasteiger charge is -2.40. The molecule has 0 bridgehead atoms. The Hall–Kier alpha value is -3.87. The van der Waals surface area contributed by atoms with Gasteiger partial charge in [-0.05, 0) is 26.3 Å². The zero-order valence-electron chi connectivity index (χ0n) is 19.6. The summed E-state index contributed by atoms with van der Waals surface area (Å²) in [7, 11) is 2.11. The molecule has 5 heterocycles. The molecule has 0 radical (unpaired) electrons. The van der Waals surface area contributed by atoms with Crippen molar-refractivity contribution in [1.29, 1.82) is 0 Å². The topological polar surface area (TPSA) is 144 Å². The number of aromatic amines is 1. The van der Waals surface area contributed by atoms with Crippen molar-refractivity contribution in [3.63, 3.8) is 0 Å². The number of likely N-dealkylation sites (N-methyl/N-ethyl adjacent to an activating group) is 1. The molecule has 2 saturated heterocycles. The van der Waals surface area contributed by atoms with Crippen LogP contribution >= 0.6 is 0 Å². The molecule has 13 nitrogen and oxygen atoms in total. The number of rotatable bonds is 7. The monoisotopic (exact) mass is 476 g/mol. The molecule has 1 aliphatic carbocycles. The summed E-state index contributed by atoms with van der Waals surface area (Å²) in [6.07, 6.45) is 7.73. The van der Waals surface area contributed by atoms with Crippen LogP contribution in [0, 0.1) is 0 Å². The molecule has 182 valence electrons.